The molecule has 0 aliphatic heterocycles. The number of halogens is 2. The van der Waals surface area contributed by atoms with E-state index in [4.69, 9.17) is 16.7 Å². The summed E-state index contributed by atoms with van der Waals surface area (Å²) < 4.78 is 13.1. The molecule has 2 aromatic heterocycles. The Hall–Kier alpha value is -2.60. The molecule has 0 bridgehead atoms. The van der Waals surface area contributed by atoms with Gasteiger partial charge >= 0.3 is 5.97 Å². The van der Waals surface area contributed by atoms with Crippen LogP contribution in [0.3, 0.4) is 0 Å². The quantitative estimate of drug-likeness (QED) is 0.688. The Morgan fingerprint density at radius 1 is 1.33 bits per heavy atom. The summed E-state index contributed by atoms with van der Waals surface area (Å²) in [5.41, 5.74) is 1.73. The number of aromatic carboxylic acids is 1. The van der Waals surface area contributed by atoms with Gasteiger partial charge in [0.05, 0.1) is 10.7 Å². The SMILES string of the molecule is O=C(O)c1cc2c(Nc3ccc(F)c(Cl)c3)ccnc2[nH]1. The molecule has 0 spiro atoms. The molecule has 0 aliphatic rings. The van der Waals surface area contributed by atoms with Gasteiger partial charge in [-0.15, -0.1) is 0 Å². The molecule has 0 amide bonds. The van der Waals surface area contributed by atoms with Crippen LogP contribution in [0.25, 0.3) is 11.0 Å². The molecule has 0 aliphatic carbocycles. The van der Waals surface area contributed by atoms with Crippen molar-refractivity contribution in [1.29, 1.82) is 0 Å². The second-order valence-electron chi connectivity index (χ2n) is 4.36. The van der Waals surface area contributed by atoms with Crippen LogP contribution in [-0.2, 0) is 0 Å². The van der Waals surface area contributed by atoms with Gasteiger partial charge in [0.25, 0.3) is 0 Å². The average Bonchev–Trinajstić information content (AvgIpc) is 2.88. The van der Waals surface area contributed by atoms with Gasteiger partial charge in [0.1, 0.15) is 17.2 Å². The summed E-state index contributed by atoms with van der Waals surface area (Å²) in [6, 6.07) is 7.42. The van der Waals surface area contributed by atoms with E-state index >= 15 is 0 Å². The van der Waals surface area contributed by atoms with Crippen molar-refractivity contribution in [2.24, 2.45) is 0 Å². The zero-order chi connectivity index (χ0) is 15.0. The minimum absolute atomic E-state index is 0.00518. The topological polar surface area (TPSA) is 78.0 Å². The van der Waals surface area contributed by atoms with Crippen molar-refractivity contribution in [2.75, 3.05) is 5.32 Å². The number of nitrogens with zero attached hydrogens (tertiary/aromatic N) is 1. The summed E-state index contributed by atoms with van der Waals surface area (Å²) in [4.78, 5) is 17.8. The Kier molecular flexibility index (Phi) is 3.23. The first-order valence-corrected chi connectivity index (χ1v) is 6.35. The molecule has 0 radical (unpaired) electrons. The number of nitrogens with one attached hydrogen (secondary N) is 2. The third-order valence-electron chi connectivity index (χ3n) is 2.96. The van der Waals surface area contributed by atoms with E-state index in [1.165, 1.54) is 30.5 Å². The summed E-state index contributed by atoms with van der Waals surface area (Å²) in [5, 5.41) is 12.7. The zero-order valence-electron chi connectivity index (χ0n) is 10.5. The number of pyridine rings is 1. The molecule has 106 valence electrons. The number of rotatable bonds is 3. The van der Waals surface area contributed by atoms with Crippen LogP contribution >= 0.6 is 11.6 Å². The first-order valence-electron chi connectivity index (χ1n) is 5.97. The third kappa shape index (κ3) is 2.53. The van der Waals surface area contributed by atoms with Gasteiger partial charge < -0.3 is 15.4 Å². The Morgan fingerprint density at radius 3 is 2.86 bits per heavy atom. The second kappa shape index (κ2) is 5.06. The van der Waals surface area contributed by atoms with E-state index in [2.05, 4.69) is 15.3 Å². The van der Waals surface area contributed by atoms with E-state index in [0.717, 1.165) is 0 Å². The average molecular weight is 306 g/mol. The first kappa shape index (κ1) is 13.4. The number of hydrogen-bond acceptors (Lipinski definition) is 3. The molecule has 2 heterocycles. The van der Waals surface area contributed by atoms with E-state index in [0.29, 0.717) is 22.4 Å². The van der Waals surface area contributed by atoms with E-state index in [-0.39, 0.29) is 10.7 Å². The van der Waals surface area contributed by atoms with Gasteiger partial charge in [-0.3, -0.25) is 0 Å². The predicted octanol–water partition coefficient (Wildman–Crippen LogP) is 3.80. The van der Waals surface area contributed by atoms with Crippen molar-refractivity contribution >= 4 is 40.0 Å². The summed E-state index contributed by atoms with van der Waals surface area (Å²) in [7, 11) is 0. The lowest BCUT2D eigenvalue weighted by Gasteiger charge is -2.08. The molecule has 0 saturated carbocycles. The maximum Gasteiger partial charge on any atom is 0.352 e. The number of carboxylic acid groups (broad SMARTS) is 1. The fourth-order valence-corrected chi connectivity index (χ4v) is 2.16. The first-order chi connectivity index (χ1) is 10.0. The number of aromatic nitrogens is 2. The van der Waals surface area contributed by atoms with Crippen LogP contribution in [0.2, 0.25) is 5.02 Å². The smallest absolute Gasteiger partial charge is 0.352 e. The van der Waals surface area contributed by atoms with Gasteiger partial charge in [-0.05, 0) is 30.3 Å². The van der Waals surface area contributed by atoms with Crippen LogP contribution in [0, 0.1) is 5.82 Å². The highest BCUT2D eigenvalue weighted by molar-refractivity contribution is 6.31. The molecular formula is C14H9ClFN3O2. The van der Waals surface area contributed by atoms with Crippen molar-refractivity contribution < 1.29 is 14.3 Å². The Labute approximate surface area is 123 Å². The largest absolute Gasteiger partial charge is 0.477 e. The Bertz CT molecular complexity index is 847. The number of fused-ring (bicyclic) bond motifs is 1. The highest BCUT2D eigenvalue weighted by Crippen LogP contribution is 2.27. The van der Waals surface area contributed by atoms with Crippen molar-refractivity contribution in [3.05, 3.63) is 53.1 Å². The highest BCUT2D eigenvalue weighted by atomic mass is 35.5. The van der Waals surface area contributed by atoms with Crippen molar-refractivity contribution in [3.63, 3.8) is 0 Å². The third-order valence-corrected chi connectivity index (χ3v) is 3.25. The van der Waals surface area contributed by atoms with E-state index in [1.807, 2.05) is 0 Å². The number of benzene rings is 1. The molecule has 7 heteroatoms. The molecule has 21 heavy (non-hydrogen) atoms. The van der Waals surface area contributed by atoms with Gasteiger partial charge in [-0.1, -0.05) is 11.6 Å². The number of aromatic amines is 1. The molecule has 0 saturated heterocycles. The molecule has 3 N–H and O–H groups in total. The fourth-order valence-electron chi connectivity index (χ4n) is 1.98. The summed E-state index contributed by atoms with van der Waals surface area (Å²) in [6.45, 7) is 0. The lowest BCUT2D eigenvalue weighted by molar-refractivity contribution is 0.0691. The molecule has 5 nitrogen and oxygen atoms in total. The lowest BCUT2D eigenvalue weighted by atomic mass is 10.2. The minimum Gasteiger partial charge on any atom is -0.477 e. The second-order valence-corrected chi connectivity index (χ2v) is 4.77. The molecule has 1 aromatic carbocycles. The number of anilines is 2. The van der Waals surface area contributed by atoms with Gasteiger partial charge in [0.2, 0.25) is 0 Å². The molecule has 0 atom stereocenters. The van der Waals surface area contributed by atoms with Crippen LogP contribution in [0.5, 0.6) is 0 Å². The van der Waals surface area contributed by atoms with E-state index < -0.39 is 11.8 Å². The fraction of sp³-hybridized carbons (Fsp3) is 0. The maximum absolute atomic E-state index is 13.1. The van der Waals surface area contributed by atoms with E-state index in [1.54, 1.807) is 6.07 Å². The molecule has 3 rings (SSSR count). The van der Waals surface area contributed by atoms with Crippen molar-refractivity contribution in [1.82, 2.24) is 9.97 Å². The number of carboxylic acids is 1. The molecule has 0 unspecified atom stereocenters. The summed E-state index contributed by atoms with van der Waals surface area (Å²) >= 11 is 5.73. The maximum atomic E-state index is 13.1. The van der Waals surface area contributed by atoms with Gasteiger partial charge in [0.15, 0.2) is 0 Å². The minimum atomic E-state index is -1.07. The molecular weight excluding hydrogens is 297 g/mol. The number of carbonyl (C=O) groups is 1. The summed E-state index contributed by atoms with van der Waals surface area (Å²) in [6.07, 6.45) is 1.54. The van der Waals surface area contributed by atoms with Gasteiger partial charge in [-0.2, -0.15) is 0 Å². The van der Waals surface area contributed by atoms with Crippen LogP contribution in [0.15, 0.2) is 36.5 Å². The zero-order valence-corrected chi connectivity index (χ0v) is 11.3. The molecule has 0 fully saturated rings. The molecule has 3 aromatic rings. The monoisotopic (exact) mass is 305 g/mol. The van der Waals surface area contributed by atoms with E-state index in [9.17, 15) is 9.18 Å². The van der Waals surface area contributed by atoms with Crippen LogP contribution in [0.1, 0.15) is 10.5 Å². The van der Waals surface area contributed by atoms with Crippen LogP contribution < -0.4 is 5.32 Å². The lowest BCUT2D eigenvalue weighted by Crippen LogP contribution is -1.94. The number of hydrogen-bond donors (Lipinski definition) is 3. The number of H-pyrrole nitrogens is 1. The van der Waals surface area contributed by atoms with Gasteiger partial charge in [0, 0.05) is 17.3 Å². The van der Waals surface area contributed by atoms with Crippen molar-refractivity contribution in [3.8, 4) is 0 Å². The van der Waals surface area contributed by atoms with Gasteiger partial charge in [-0.25, -0.2) is 14.2 Å². The highest BCUT2D eigenvalue weighted by Gasteiger charge is 2.11. The Morgan fingerprint density at radius 2 is 2.14 bits per heavy atom. The standard InChI is InChI=1S/C14H9ClFN3O2/c15-9-5-7(1-2-10(9)16)18-11-3-4-17-13-8(11)6-12(19-13)14(20)21/h1-6H,(H,20,21)(H2,17,18,19). The normalized spacial score (nSPS) is 10.8. The summed E-state index contributed by atoms with van der Waals surface area (Å²) in [5.74, 6) is -1.57. The van der Waals surface area contributed by atoms with Crippen LogP contribution in [0.4, 0.5) is 15.8 Å². The van der Waals surface area contributed by atoms with Crippen molar-refractivity contribution in [2.45, 2.75) is 0 Å². The predicted molar refractivity (Wildman–Crippen MR) is 77.7 cm³/mol. The van der Waals surface area contributed by atoms with Crippen LogP contribution in [-0.4, -0.2) is 21.0 Å². The Balaban J connectivity index is 2.03.